The number of hydrogen-bond donors (Lipinski definition) is 2. The molecule has 0 amide bonds. The van der Waals surface area contributed by atoms with E-state index in [0.29, 0.717) is 12.3 Å². The molecule has 1 heterocycles. The summed E-state index contributed by atoms with van der Waals surface area (Å²) in [6.07, 6.45) is 2.01. The standard InChI is InChI=1S/C10H19NO3/c1-8-4-6-11(9(8)7-12)5-2-3-10(13)14/h8-9,12H,2-7H2,1H3,(H,13,14). The molecule has 1 fully saturated rings. The number of carboxylic acid groups (broad SMARTS) is 1. The van der Waals surface area contributed by atoms with Gasteiger partial charge in [0.05, 0.1) is 6.61 Å². The van der Waals surface area contributed by atoms with E-state index in [1.807, 2.05) is 0 Å². The lowest BCUT2D eigenvalue weighted by molar-refractivity contribution is -0.137. The van der Waals surface area contributed by atoms with Crippen LogP contribution in [0.15, 0.2) is 0 Å². The Bertz CT molecular complexity index is 196. The predicted octanol–water partition coefficient (Wildman–Crippen LogP) is 0.554. The highest BCUT2D eigenvalue weighted by atomic mass is 16.4. The molecule has 0 aliphatic carbocycles. The molecular weight excluding hydrogens is 182 g/mol. The Balaban J connectivity index is 2.26. The summed E-state index contributed by atoms with van der Waals surface area (Å²) in [5.41, 5.74) is 0. The Kier molecular flexibility index (Phi) is 4.35. The lowest BCUT2D eigenvalue weighted by Crippen LogP contribution is -2.35. The molecule has 0 saturated carbocycles. The summed E-state index contributed by atoms with van der Waals surface area (Å²) < 4.78 is 0. The van der Waals surface area contributed by atoms with E-state index in [4.69, 9.17) is 10.2 Å². The number of aliphatic hydroxyl groups is 1. The van der Waals surface area contributed by atoms with Crippen molar-refractivity contribution in [2.45, 2.75) is 32.2 Å². The van der Waals surface area contributed by atoms with Gasteiger partial charge in [-0.05, 0) is 31.8 Å². The van der Waals surface area contributed by atoms with Crippen molar-refractivity contribution in [1.29, 1.82) is 0 Å². The molecule has 2 N–H and O–H groups in total. The Labute approximate surface area is 84.5 Å². The molecule has 0 bridgehead atoms. The summed E-state index contributed by atoms with van der Waals surface area (Å²) in [6.45, 7) is 4.11. The average Bonchev–Trinajstić information content (AvgIpc) is 2.46. The van der Waals surface area contributed by atoms with Crippen LogP contribution in [0.5, 0.6) is 0 Å². The van der Waals surface area contributed by atoms with Crippen LogP contribution >= 0.6 is 0 Å². The van der Waals surface area contributed by atoms with E-state index in [0.717, 1.165) is 19.5 Å². The number of nitrogens with zero attached hydrogens (tertiary/aromatic N) is 1. The van der Waals surface area contributed by atoms with Crippen molar-refractivity contribution in [3.05, 3.63) is 0 Å². The third-order valence-electron chi connectivity index (χ3n) is 3.02. The van der Waals surface area contributed by atoms with Crippen LogP contribution in [0.2, 0.25) is 0 Å². The minimum atomic E-state index is -0.738. The fourth-order valence-corrected chi connectivity index (χ4v) is 2.09. The van der Waals surface area contributed by atoms with Gasteiger partial charge in [0.2, 0.25) is 0 Å². The van der Waals surface area contributed by atoms with Gasteiger partial charge in [0.1, 0.15) is 0 Å². The first-order valence-electron chi connectivity index (χ1n) is 5.22. The lowest BCUT2D eigenvalue weighted by atomic mass is 10.0. The van der Waals surface area contributed by atoms with E-state index in [2.05, 4.69) is 11.8 Å². The molecular formula is C10H19NO3. The van der Waals surface area contributed by atoms with E-state index in [1.165, 1.54) is 0 Å². The highest BCUT2D eigenvalue weighted by Crippen LogP contribution is 2.23. The molecule has 0 spiro atoms. The monoisotopic (exact) mass is 201 g/mol. The molecule has 1 aliphatic rings. The molecule has 2 atom stereocenters. The second-order valence-electron chi connectivity index (χ2n) is 4.05. The van der Waals surface area contributed by atoms with Crippen molar-refractivity contribution in [3.63, 3.8) is 0 Å². The van der Waals surface area contributed by atoms with Crippen molar-refractivity contribution in [2.24, 2.45) is 5.92 Å². The fourth-order valence-electron chi connectivity index (χ4n) is 2.09. The molecule has 14 heavy (non-hydrogen) atoms. The van der Waals surface area contributed by atoms with Gasteiger partial charge in [-0.1, -0.05) is 6.92 Å². The summed E-state index contributed by atoms with van der Waals surface area (Å²) in [5.74, 6) is -0.206. The fraction of sp³-hybridized carbons (Fsp3) is 0.900. The number of rotatable bonds is 5. The van der Waals surface area contributed by atoms with E-state index in [-0.39, 0.29) is 19.1 Å². The van der Waals surface area contributed by atoms with Gasteiger partial charge in [0, 0.05) is 12.5 Å². The maximum atomic E-state index is 10.3. The Morgan fingerprint density at radius 1 is 1.57 bits per heavy atom. The maximum Gasteiger partial charge on any atom is 0.303 e. The van der Waals surface area contributed by atoms with Crippen molar-refractivity contribution in [2.75, 3.05) is 19.7 Å². The molecule has 0 aromatic heterocycles. The topological polar surface area (TPSA) is 60.8 Å². The number of aliphatic hydroxyl groups excluding tert-OH is 1. The van der Waals surface area contributed by atoms with Crippen LogP contribution in [-0.4, -0.2) is 46.8 Å². The minimum Gasteiger partial charge on any atom is -0.481 e. The number of carboxylic acids is 1. The van der Waals surface area contributed by atoms with E-state index in [1.54, 1.807) is 0 Å². The summed E-state index contributed by atoms with van der Waals surface area (Å²) in [6, 6.07) is 0.240. The Hall–Kier alpha value is -0.610. The summed E-state index contributed by atoms with van der Waals surface area (Å²) in [7, 11) is 0. The normalized spacial score (nSPS) is 28.1. The van der Waals surface area contributed by atoms with E-state index in [9.17, 15) is 4.79 Å². The third-order valence-corrected chi connectivity index (χ3v) is 3.02. The van der Waals surface area contributed by atoms with Gasteiger partial charge in [-0.15, -0.1) is 0 Å². The number of carbonyl (C=O) groups is 1. The van der Waals surface area contributed by atoms with Crippen molar-refractivity contribution in [1.82, 2.24) is 4.90 Å². The van der Waals surface area contributed by atoms with Gasteiger partial charge in [-0.2, -0.15) is 0 Å². The van der Waals surface area contributed by atoms with Crippen LogP contribution in [0.4, 0.5) is 0 Å². The molecule has 1 aliphatic heterocycles. The smallest absolute Gasteiger partial charge is 0.303 e. The molecule has 1 rings (SSSR count). The minimum absolute atomic E-state index is 0.189. The summed E-state index contributed by atoms with van der Waals surface area (Å²) >= 11 is 0. The van der Waals surface area contributed by atoms with Gasteiger partial charge in [-0.25, -0.2) is 0 Å². The van der Waals surface area contributed by atoms with Crippen LogP contribution in [-0.2, 0) is 4.79 Å². The molecule has 1 saturated heterocycles. The van der Waals surface area contributed by atoms with Crippen molar-refractivity contribution in [3.8, 4) is 0 Å². The van der Waals surface area contributed by atoms with Crippen molar-refractivity contribution < 1.29 is 15.0 Å². The van der Waals surface area contributed by atoms with Crippen LogP contribution in [0.1, 0.15) is 26.2 Å². The highest BCUT2D eigenvalue weighted by molar-refractivity contribution is 5.66. The zero-order chi connectivity index (χ0) is 10.6. The molecule has 2 unspecified atom stereocenters. The van der Waals surface area contributed by atoms with E-state index < -0.39 is 5.97 Å². The molecule has 4 heteroatoms. The first kappa shape index (κ1) is 11.5. The number of hydrogen-bond acceptors (Lipinski definition) is 3. The van der Waals surface area contributed by atoms with Crippen LogP contribution in [0.3, 0.4) is 0 Å². The maximum absolute atomic E-state index is 10.3. The largest absolute Gasteiger partial charge is 0.481 e. The van der Waals surface area contributed by atoms with Crippen LogP contribution in [0.25, 0.3) is 0 Å². The summed E-state index contributed by atoms with van der Waals surface area (Å²) in [5, 5.41) is 17.7. The van der Waals surface area contributed by atoms with Crippen LogP contribution < -0.4 is 0 Å². The second-order valence-corrected chi connectivity index (χ2v) is 4.05. The van der Waals surface area contributed by atoms with E-state index >= 15 is 0 Å². The number of likely N-dealkylation sites (tertiary alicyclic amines) is 1. The van der Waals surface area contributed by atoms with Gasteiger partial charge in [-0.3, -0.25) is 9.69 Å². The Morgan fingerprint density at radius 3 is 2.86 bits per heavy atom. The first-order chi connectivity index (χ1) is 6.65. The SMILES string of the molecule is CC1CCN(CCCC(=O)O)C1CO. The Morgan fingerprint density at radius 2 is 2.29 bits per heavy atom. The van der Waals surface area contributed by atoms with Crippen LogP contribution in [0, 0.1) is 5.92 Å². The van der Waals surface area contributed by atoms with Gasteiger partial charge >= 0.3 is 5.97 Å². The lowest BCUT2D eigenvalue weighted by Gasteiger charge is -2.24. The molecule has 0 aromatic carbocycles. The second kappa shape index (κ2) is 5.32. The summed E-state index contributed by atoms with van der Waals surface area (Å²) in [4.78, 5) is 12.5. The quantitative estimate of drug-likeness (QED) is 0.682. The molecule has 4 nitrogen and oxygen atoms in total. The van der Waals surface area contributed by atoms with Gasteiger partial charge < -0.3 is 10.2 Å². The molecule has 0 radical (unpaired) electrons. The average molecular weight is 201 g/mol. The molecule has 82 valence electrons. The first-order valence-corrected chi connectivity index (χ1v) is 5.22. The predicted molar refractivity (Wildman–Crippen MR) is 53.1 cm³/mol. The number of aliphatic carboxylic acids is 1. The zero-order valence-electron chi connectivity index (χ0n) is 8.65. The highest BCUT2D eigenvalue weighted by Gasteiger charge is 2.29. The van der Waals surface area contributed by atoms with Gasteiger partial charge in [0.25, 0.3) is 0 Å². The van der Waals surface area contributed by atoms with Gasteiger partial charge in [0.15, 0.2) is 0 Å². The molecule has 0 aromatic rings. The zero-order valence-corrected chi connectivity index (χ0v) is 8.65. The third kappa shape index (κ3) is 2.96. The van der Waals surface area contributed by atoms with Crippen molar-refractivity contribution >= 4 is 5.97 Å².